The second-order valence-corrected chi connectivity index (χ2v) is 10.5. The van der Waals surface area contributed by atoms with Gasteiger partial charge in [0.2, 0.25) is 5.88 Å². The minimum atomic E-state index is -1.42. The Balaban J connectivity index is 0.00000462. The van der Waals surface area contributed by atoms with Crippen molar-refractivity contribution in [2.45, 2.75) is 70.1 Å². The average Bonchev–Trinajstić information content (AvgIpc) is 3.31. The maximum absolute atomic E-state index is 14.1. The zero-order chi connectivity index (χ0) is 28.8. The third kappa shape index (κ3) is 8.17. The van der Waals surface area contributed by atoms with Gasteiger partial charge in [0.15, 0.2) is 5.69 Å². The summed E-state index contributed by atoms with van der Waals surface area (Å²) in [5, 5.41) is 35.8. The molecule has 0 saturated carbocycles. The Kier molecular flexibility index (Phi) is 11.9. The number of hydrogen-bond acceptors (Lipinski definition) is 7. The van der Waals surface area contributed by atoms with E-state index in [4.69, 9.17) is 4.74 Å². The summed E-state index contributed by atoms with van der Waals surface area (Å²) in [5.74, 6) is -2.09. The first-order valence-electron chi connectivity index (χ1n) is 13.6. The maximum atomic E-state index is 14.1. The molecule has 41 heavy (non-hydrogen) atoms. The Morgan fingerprint density at radius 2 is 1.76 bits per heavy atom. The molecule has 4 rings (SSSR count). The summed E-state index contributed by atoms with van der Waals surface area (Å²) in [5.41, 5.74) is 2.26. The molecule has 2 heterocycles. The van der Waals surface area contributed by atoms with Gasteiger partial charge in [0.1, 0.15) is 12.4 Å². The number of aliphatic carboxylic acids is 1. The summed E-state index contributed by atoms with van der Waals surface area (Å²) < 4.78 is 21.2. The number of carboxylic acid groups (broad SMARTS) is 1. The van der Waals surface area contributed by atoms with Crippen molar-refractivity contribution in [3.63, 3.8) is 0 Å². The molecule has 0 spiro atoms. The Morgan fingerprint density at radius 1 is 1.07 bits per heavy atom. The monoisotopic (exact) mass is 575 g/mol. The van der Waals surface area contributed by atoms with E-state index in [1.54, 1.807) is 0 Å². The molecule has 1 aliphatic heterocycles. The molecule has 2 N–H and O–H groups in total. The fraction of sp³-hybridized carbons (Fsp3) is 0.433. The Morgan fingerprint density at radius 3 is 2.39 bits per heavy atom. The molecule has 0 bridgehead atoms. The quantitative estimate of drug-likeness (QED) is 0.311. The summed E-state index contributed by atoms with van der Waals surface area (Å²) in [6.07, 6.45) is -0.659. The van der Waals surface area contributed by atoms with E-state index in [2.05, 4.69) is 5.10 Å². The zero-order valence-electron chi connectivity index (χ0n) is 23.7. The van der Waals surface area contributed by atoms with E-state index in [0.29, 0.717) is 17.8 Å². The summed E-state index contributed by atoms with van der Waals surface area (Å²) in [4.78, 5) is 26.7. The van der Waals surface area contributed by atoms with Crippen LogP contribution in [0.1, 0.15) is 79.5 Å². The second kappa shape index (κ2) is 14.9. The zero-order valence-corrected chi connectivity index (χ0v) is 25.7. The van der Waals surface area contributed by atoms with E-state index < -0.39 is 30.4 Å². The summed E-state index contributed by atoms with van der Waals surface area (Å²) in [7, 11) is 0. The predicted octanol–water partition coefficient (Wildman–Crippen LogP) is 0.137. The molecule has 3 atom stereocenters. The fourth-order valence-corrected chi connectivity index (χ4v) is 5.15. The van der Waals surface area contributed by atoms with Crippen molar-refractivity contribution in [1.29, 1.82) is 0 Å². The van der Waals surface area contributed by atoms with Crippen LogP contribution in [-0.2, 0) is 4.79 Å². The van der Waals surface area contributed by atoms with Crippen molar-refractivity contribution in [3.05, 3.63) is 77.2 Å². The minimum absolute atomic E-state index is 0. The van der Waals surface area contributed by atoms with E-state index in [0.717, 1.165) is 24.8 Å². The van der Waals surface area contributed by atoms with E-state index >= 15 is 0 Å². The number of benzene rings is 2. The molecule has 214 valence electrons. The maximum Gasteiger partial charge on any atom is 1.00 e. The summed E-state index contributed by atoms with van der Waals surface area (Å²) in [6.45, 7) is 4.09. The summed E-state index contributed by atoms with van der Waals surface area (Å²) in [6, 6.07) is 15.4. The van der Waals surface area contributed by atoms with Gasteiger partial charge >= 0.3 is 29.6 Å². The van der Waals surface area contributed by atoms with E-state index in [1.165, 1.54) is 28.9 Å². The molecule has 3 aromatic rings. The fourth-order valence-electron chi connectivity index (χ4n) is 5.15. The first-order chi connectivity index (χ1) is 19.2. The van der Waals surface area contributed by atoms with Crippen LogP contribution in [0.25, 0.3) is 5.69 Å². The molecule has 1 fully saturated rings. The number of carbonyl (C=O) groups is 2. The molecule has 1 amide bonds. The van der Waals surface area contributed by atoms with Crippen molar-refractivity contribution in [2.24, 2.45) is 0 Å². The normalized spacial score (nSPS) is 16.6. The van der Waals surface area contributed by atoms with Gasteiger partial charge in [-0.1, -0.05) is 44.2 Å². The van der Waals surface area contributed by atoms with Crippen LogP contribution >= 0.6 is 0 Å². The van der Waals surface area contributed by atoms with Gasteiger partial charge in [-0.2, -0.15) is 5.10 Å². The first kappa shape index (κ1) is 32.8. The Hall–Kier alpha value is -2.76. The van der Waals surface area contributed by atoms with Crippen LogP contribution in [0.3, 0.4) is 0 Å². The molecular formula is C30H35FN3NaO6. The van der Waals surface area contributed by atoms with Gasteiger partial charge in [-0.15, -0.1) is 0 Å². The molecular weight excluding hydrogens is 540 g/mol. The molecule has 0 radical (unpaired) electrons. The van der Waals surface area contributed by atoms with E-state index in [-0.39, 0.29) is 72.0 Å². The van der Waals surface area contributed by atoms with Crippen LogP contribution in [-0.4, -0.2) is 62.1 Å². The standard InChI is InChI=1S/C30H36FN3O6.Na/c1-19(2)27-28(29(39)33-15-7-6-10-25(33)20-8-4-3-5-9-20)32-34(22-13-11-21(31)12-14-22)30(27)40-18-24(36)16-23(35)17-26(37)38;/h3-5,8-9,11-14,19,23-25,35-36H,6-7,10,15-18H2,1-2H3,(H,37,38);/q;+1/p-1/t23-,24+,25?;/m1./s1. The largest absolute Gasteiger partial charge is 1.00 e. The van der Waals surface area contributed by atoms with E-state index in [9.17, 15) is 29.3 Å². The number of carbonyl (C=O) groups excluding carboxylic acids is 2. The van der Waals surface area contributed by atoms with Crippen LogP contribution in [0.5, 0.6) is 5.88 Å². The number of aliphatic hydroxyl groups excluding tert-OH is 2. The van der Waals surface area contributed by atoms with Crippen LogP contribution in [0.2, 0.25) is 0 Å². The number of hydrogen-bond donors (Lipinski definition) is 2. The van der Waals surface area contributed by atoms with Crippen molar-refractivity contribution in [1.82, 2.24) is 14.7 Å². The molecule has 9 nitrogen and oxygen atoms in total. The number of nitrogens with zero attached hydrogens (tertiary/aromatic N) is 3. The third-order valence-electron chi connectivity index (χ3n) is 7.04. The average molecular weight is 576 g/mol. The number of likely N-dealkylation sites (tertiary alicyclic amines) is 1. The number of amides is 1. The SMILES string of the molecule is CC(C)c1c(C(=O)N2CCCCC2c2ccccc2)nn(-c2ccc(F)cc2)c1OC[C@@H](O)C[C@@H](O)CC(=O)[O-].[Na+]. The molecule has 2 aromatic carbocycles. The molecule has 1 saturated heterocycles. The Labute approximate surface area is 261 Å². The number of piperidine rings is 1. The summed E-state index contributed by atoms with van der Waals surface area (Å²) >= 11 is 0. The van der Waals surface area contributed by atoms with Gasteiger partial charge in [-0.05, 0) is 55.0 Å². The number of aliphatic hydroxyl groups is 2. The van der Waals surface area contributed by atoms with Gasteiger partial charge < -0.3 is 29.8 Å². The number of carboxylic acids is 1. The van der Waals surface area contributed by atoms with Gasteiger partial charge in [-0.3, -0.25) is 4.79 Å². The van der Waals surface area contributed by atoms with Crippen LogP contribution in [0, 0.1) is 5.82 Å². The topological polar surface area (TPSA) is 128 Å². The molecule has 0 aliphatic carbocycles. The number of ether oxygens (including phenoxy) is 1. The van der Waals surface area contributed by atoms with Crippen LogP contribution in [0.15, 0.2) is 54.6 Å². The van der Waals surface area contributed by atoms with Crippen LogP contribution < -0.4 is 39.4 Å². The van der Waals surface area contributed by atoms with Gasteiger partial charge in [0.05, 0.1) is 23.9 Å². The van der Waals surface area contributed by atoms with Gasteiger partial charge in [0, 0.05) is 30.9 Å². The third-order valence-corrected chi connectivity index (χ3v) is 7.04. The Bertz CT molecular complexity index is 1300. The van der Waals surface area contributed by atoms with E-state index in [1.807, 2.05) is 49.1 Å². The molecule has 1 unspecified atom stereocenters. The van der Waals surface area contributed by atoms with Crippen molar-refractivity contribution in [2.75, 3.05) is 13.2 Å². The van der Waals surface area contributed by atoms with Crippen molar-refractivity contribution < 1.29 is 63.6 Å². The predicted molar refractivity (Wildman–Crippen MR) is 143 cm³/mol. The van der Waals surface area contributed by atoms with Gasteiger partial charge in [-0.25, -0.2) is 9.07 Å². The number of aromatic nitrogens is 2. The number of rotatable bonds is 11. The first-order valence-corrected chi connectivity index (χ1v) is 13.6. The molecule has 1 aliphatic rings. The van der Waals surface area contributed by atoms with Gasteiger partial charge in [0.25, 0.3) is 5.91 Å². The van der Waals surface area contributed by atoms with Crippen LogP contribution in [0.4, 0.5) is 4.39 Å². The minimum Gasteiger partial charge on any atom is -0.550 e. The molecule has 11 heteroatoms. The number of halogens is 1. The van der Waals surface area contributed by atoms with Crippen molar-refractivity contribution in [3.8, 4) is 11.6 Å². The molecule has 1 aromatic heterocycles. The second-order valence-electron chi connectivity index (χ2n) is 10.5. The smallest absolute Gasteiger partial charge is 0.550 e. The van der Waals surface area contributed by atoms with Crippen molar-refractivity contribution >= 4 is 11.9 Å².